The third-order valence-corrected chi connectivity index (χ3v) is 6.35. The van der Waals surface area contributed by atoms with Crippen LogP contribution in [0, 0.1) is 23.0 Å². The second kappa shape index (κ2) is 7.53. The van der Waals surface area contributed by atoms with Crippen LogP contribution >= 0.6 is 0 Å². The number of hydrogen-bond acceptors (Lipinski definition) is 4. The van der Waals surface area contributed by atoms with Crippen LogP contribution in [0.5, 0.6) is 0 Å². The van der Waals surface area contributed by atoms with Crippen molar-refractivity contribution < 1.29 is 18.7 Å². The van der Waals surface area contributed by atoms with Crippen molar-refractivity contribution in [3.63, 3.8) is 0 Å². The maximum Gasteiger partial charge on any atom is 0.219 e. The molecule has 32 heavy (non-hydrogen) atoms. The average molecular weight is 434 g/mol. The van der Waals surface area contributed by atoms with E-state index in [2.05, 4.69) is 6.07 Å². The zero-order valence-corrected chi connectivity index (χ0v) is 17.3. The topological polar surface area (TPSA) is 82.2 Å². The van der Waals surface area contributed by atoms with Crippen molar-refractivity contribution >= 4 is 5.91 Å². The Morgan fingerprint density at radius 1 is 1.25 bits per heavy atom. The second-order valence-electron chi connectivity index (χ2n) is 8.27. The molecule has 2 aromatic carbocycles. The number of benzene rings is 2. The molecule has 162 valence electrons. The summed E-state index contributed by atoms with van der Waals surface area (Å²) in [6, 6.07) is 10.5. The van der Waals surface area contributed by atoms with Gasteiger partial charge in [0, 0.05) is 55.7 Å². The summed E-state index contributed by atoms with van der Waals surface area (Å²) in [5, 5.41) is 24.9. The molecule has 0 radical (unpaired) electrons. The molecule has 1 aromatic heterocycles. The van der Waals surface area contributed by atoms with Crippen molar-refractivity contribution in [1.82, 2.24) is 14.7 Å². The number of nitriles is 1. The van der Waals surface area contributed by atoms with Gasteiger partial charge in [-0.15, -0.1) is 0 Å². The minimum absolute atomic E-state index is 0.0597. The van der Waals surface area contributed by atoms with Crippen molar-refractivity contribution in [2.75, 3.05) is 6.54 Å². The SMILES string of the molecule is CC(=O)N1CCc2c(c(-c3cccc(C#N)c3)nn2[C@@H]2c3cc(F)cc(F)c3C[C@H]2O)C1. The van der Waals surface area contributed by atoms with Gasteiger partial charge in [-0.2, -0.15) is 10.4 Å². The number of halogens is 2. The third-order valence-electron chi connectivity index (χ3n) is 6.35. The highest BCUT2D eigenvalue weighted by atomic mass is 19.1. The number of carbonyl (C=O) groups is 1. The van der Waals surface area contributed by atoms with Gasteiger partial charge in [-0.3, -0.25) is 9.48 Å². The molecule has 8 heteroatoms. The number of rotatable bonds is 2. The lowest BCUT2D eigenvalue weighted by Gasteiger charge is -2.28. The highest BCUT2D eigenvalue weighted by molar-refractivity contribution is 5.75. The third kappa shape index (κ3) is 3.17. The Kier molecular flexibility index (Phi) is 4.79. The molecule has 1 N–H and O–H groups in total. The van der Waals surface area contributed by atoms with Gasteiger partial charge in [-0.25, -0.2) is 8.78 Å². The van der Waals surface area contributed by atoms with Crippen molar-refractivity contribution in [2.24, 2.45) is 0 Å². The number of aliphatic hydroxyl groups excluding tert-OH is 1. The van der Waals surface area contributed by atoms with E-state index in [9.17, 15) is 23.9 Å². The smallest absolute Gasteiger partial charge is 0.219 e. The maximum absolute atomic E-state index is 14.4. The van der Waals surface area contributed by atoms with Crippen LogP contribution in [0.3, 0.4) is 0 Å². The van der Waals surface area contributed by atoms with E-state index < -0.39 is 23.8 Å². The molecule has 2 heterocycles. The predicted octanol–water partition coefficient (Wildman–Crippen LogP) is 3.11. The average Bonchev–Trinajstić information content (AvgIpc) is 3.30. The Morgan fingerprint density at radius 2 is 2.06 bits per heavy atom. The molecular formula is C24H20F2N4O2. The molecular weight excluding hydrogens is 414 g/mol. The molecule has 0 bridgehead atoms. The zero-order chi connectivity index (χ0) is 22.6. The van der Waals surface area contributed by atoms with Crippen LogP contribution in [0.4, 0.5) is 8.78 Å². The molecule has 0 unspecified atom stereocenters. The molecule has 0 fully saturated rings. The van der Waals surface area contributed by atoms with E-state index in [1.165, 1.54) is 13.0 Å². The normalized spacial score (nSPS) is 19.4. The Labute approximate surface area is 183 Å². The van der Waals surface area contributed by atoms with Gasteiger partial charge in [0.05, 0.1) is 23.4 Å². The van der Waals surface area contributed by atoms with Gasteiger partial charge < -0.3 is 10.0 Å². The lowest BCUT2D eigenvalue weighted by Crippen LogP contribution is -2.35. The van der Waals surface area contributed by atoms with E-state index in [0.717, 1.165) is 17.3 Å². The molecule has 6 nitrogen and oxygen atoms in total. The van der Waals surface area contributed by atoms with Gasteiger partial charge in [0.15, 0.2) is 0 Å². The van der Waals surface area contributed by atoms with Crippen molar-refractivity contribution in [1.29, 1.82) is 5.26 Å². The van der Waals surface area contributed by atoms with Gasteiger partial charge in [0.2, 0.25) is 5.91 Å². The zero-order valence-electron chi connectivity index (χ0n) is 17.3. The van der Waals surface area contributed by atoms with E-state index in [1.54, 1.807) is 27.8 Å². The summed E-state index contributed by atoms with van der Waals surface area (Å²) < 4.78 is 30.1. The van der Waals surface area contributed by atoms with E-state index in [-0.39, 0.29) is 12.3 Å². The summed E-state index contributed by atoms with van der Waals surface area (Å²) in [6.45, 7) is 2.33. The summed E-state index contributed by atoms with van der Waals surface area (Å²) in [5.74, 6) is -1.44. The van der Waals surface area contributed by atoms with Crippen molar-refractivity contribution in [3.8, 4) is 17.3 Å². The quantitative estimate of drug-likeness (QED) is 0.672. The van der Waals surface area contributed by atoms with Crippen LogP contribution in [-0.4, -0.2) is 38.3 Å². The fraction of sp³-hybridized carbons (Fsp3) is 0.292. The molecule has 1 amide bonds. The van der Waals surface area contributed by atoms with Gasteiger partial charge in [-0.05, 0) is 29.3 Å². The van der Waals surface area contributed by atoms with Crippen LogP contribution in [0.15, 0.2) is 36.4 Å². The maximum atomic E-state index is 14.4. The summed E-state index contributed by atoms with van der Waals surface area (Å²) in [5.41, 5.74) is 4.10. The van der Waals surface area contributed by atoms with E-state index in [1.807, 2.05) is 6.07 Å². The molecule has 1 aliphatic heterocycles. The van der Waals surface area contributed by atoms with Crippen molar-refractivity contribution in [2.45, 2.75) is 38.5 Å². The first-order valence-corrected chi connectivity index (χ1v) is 10.4. The van der Waals surface area contributed by atoms with Crippen LogP contribution in [0.1, 0.15) is 40.9 Å². The molecule has 0 saturated carbocycles. The Balaban J connectivity index is 1.70. The van der Waals surface area contributed by atoms with Crippen LogP contribution in [0.25, 0.3) is 11.3 Å². The van der Waals surface area contributed by atoms with Gasteiger partial charge in [0.25, 0.3) is 0 Å². The molecule has 2 aliphatic rings. The van der Waals surface area contributed by atoms with E-state index >= 15 is 0 Å². The van der Waals surface area contributed by atoms with E-state index in [0.29, 0.717) is 47.5 Å². The minimum Gasteiger partial charge on any atom is -0.390 e. The number of nitrogens with zero attached hydrogens (tertiary/aromatic N) is 4. The highest BCUT2D eigenvalue weighted by Gasteiger charge is 2.39. The fourth-order valence-corrected chi connectivity index (χ4v) is 4.84. The lowest BCUT2D eigenvalue weighted by molar-refractivity contribution is -0.129. The second-order valence-corrected chi connectivity index (χ2v) is 8.27. The molecule has 0 saturated heterocycles. The van der Waals surface area contributed by atoms with Crippen molar-refractivity contribution in [3.05, 3.63) is 76.0 Å². The molecule has 3 aromatic rings. The van der Waals surface area contributed by atoms with Crippen LogP contribution in [-0.2, 0) is 24.2 Å². The van der Waals surface area contributed by atoms with Gasteiger partial charge >= 0.3 is 0 Å². The van der Waals surface area contributed by atoms with E-state index in [4.69, 9.17) is 5.10 Å². The first kappa shape index (κ1) is 20.3. The monoisotopic (exact) mass is 434 g/mol. The minimum atomic E-state index is -0.963. The summed E-state index contributed by atoms with van der Waals surface area (Å²) in [4.78, 5) is 13.8. The van der Waals surface area contributed by atoms with Gasteiger partial charge in [0.1, 0.15) is 17.7 Å². The Hall–Kier alpha value is -3.57. The first-order chi connectivity index (χ1) is 15.4. The highest BCUT2D eigenvalue weighted by Crippen LogP contribution is 2.40. The van der Waals surface area contributed by atoms with Gasteiger partial charge in [-0.1, -0.05) is 12.1 Å². The molecule has 0 spiro atoms. The summed E-state index contributed by atoms with van der Waals surface area (Å²) in [7, 11) is 0. The lowest BCUT2D eigenvalue weighted by atomic mass is 9.99. The number of aromatic nitrogens is 2. The summed E-state index contributed by atoms with van der Waals surface area (Å²) in [6.07, 6.45) is -0.398. The molecule has 1 aliphatic carbocycles. The van der Waals surface area contributed by atoms with Crippen LogP contribution in [0.2, 0.25) is 0 Å². The first-order valence-electron chi connectivity index (χ1n) is 10.4. The number of carbonyl (C=O) groups excluding carboxylic acids is 1. The Morgan fingerprint density at radius 3 is 2.81 bits per heavy atom. The number of aliphatic hydroxyl groups is 1. The molecule has 2 atom stereocenters. The number of fused-ring (bicyclic) bond motifs is 2. The Bertz CT molecular complexity index is 1290. The molecule has 5 rings (SSSR count). The largest absolute Gasteiger partial charge is 0.390 e. The fourth-order valence-electron chi connectivity index (χ4n) is 4.84. The standard InChI is InChI=1S/C24H20F2N4O2/c1-13(31)29-6-5-21-19(12-29)23(15-4-2-3-14(7-15)11-27)28-30(21)24-18-8-16(25)9-20(26)17(18)10-22(24)32/h2-4,7-9,22,24,32H,5-6,10,12H2,1H3/t22-,24-/m1/s1. The number of amides is 1. The predicted molar refractivity (Wildman–Crippen MR) is 111 cm³/mol. The summed E-state index contributed by atoms with van der Waals surface area (Å²) >= 11 is 0. The van der Waals surface area contributed by atoms with Crippen LogP contribution < -0.4 is 0 Å². The number of hydrogen-bond donors (Lipinski definition) is 1.